The molecule has 114 valence electrons. The van der Waals surface area contributed by atoms with Crippen LogP contribution in [0.2, 0.25) is 0 Å². The van der Waals surface area contributed by atoms with Crippen molar-refractivity contribution < 1.29 is 25.6 Å². The number of hydrogen-bond acceptors (Lipinski definition) is 5. The molecule has 0 saturated heterocycles. The molecule has 0 radical (unpaired) electrons. The summed E-state index contributed by atoms with van der Waals surface area (Å²) in [6.07, 6.45) is 0. The Labute approximate surface area is 115 Å². The molecule has 0 atom stereocenters. The average molecular weight is 329 g/mol. The molecule has 0 spiro atoms. The zero-order chi connectivity index (χ0) is 15.6. The van der Waals surface area contributed by atoms with Crippen LogP contribution in [0.25, 0.3) is 0 Å². The van der Waals surface area contributed by atoms with Crippen molar-refractivity contribution >= 4 is 25.7 Å². The van der Waals surface area contributed by atoms with Gasteiger partial charge in [-0.1, -0.05) is 0 Å². The van der Waals surface area contributed by atoms with E-state index in [0.29, 0.717) is 6.07 Å². The van der Waals surface area contributed by atoms with Crippen LogP contribution in [0.15, 0.2) is 17.0 Å². The highest BCUT2D eigenvalue weighted by Gasteiger charge is 2.23. The molecule has 1 rings (SSSR count). The standard InChI is InChI=1S/C9H13F2N3O4S2/c1-13-19(15,16)3-2-14-20(17,18)8-5-6(12)4-7(10)9(8)11/h4-5,13-14H,2-3,12H2,1H3. The molecule has 1 aromatic rings. The van der Waals surface area contributed by atoms with Gasteiger partial charge in [0.1, 0.15) is 4.90 Å². The second kappa shape index (κ2) is 5.99. The predicted octanol–water partition coefficient (Wildman–Crippen LogP) is -0.625. The van der Waals surface area contributed by atoms with Crippen LogP contribution in [0, 0.1) is 11.6 Å². The van der Waals surface area contributed by atoms with E-state index in [0.717, 1.165) is 13.1 Å². The van der Waals surface area contributed by atoms with Gasteiger partial charge in [-0.2, -0.15) is 0 Å². The van der Waals surface area contributed by atoms with Crippen molar-refractivity contribution in [2.45, 2.75) is 4.90 Å². The summed E-state index contributed by atoms with van der Waals surface area (Å²) in [6, 6.07) is 1.38. The van der Waals surface area contributed by atoms with Gasteiger partial charge in [0.25, 0.3) is 0 Å². The van der Waals surface area contributed by atoms with Crippen LogP contribution in [0.5, 0.6) is 0 Å². The average Bonchev–Trinajstić information content (AvgIpc) is 2.33. The molecule has 0 fully saturated rings. The van der Waals surface area contributed by atoms with Crippen LogP contribution in [0.1, 0.15) is 0 Å². The maximum Gasteiger partial charge on any atom is 0.243 e. The van der Waals surface area contributed by atoms with Crippen molar-refractivity contribution in [2.24, 2.45) is 0 Å². The highest BCUT2D eigenvalue weighted by atomic mass is 32.2. The molecule has 0 aliphatic rings. The van der Waals surface area contributed by atoms with E-state index in [4.69, 9.17) is 5.73 Å². The van der Waals surface area contributed by atoms with E-state index < -0.39 is 48.9 Å². The Morgan fingerprint density at radius 3 is 2.35 bits per heavy atom. The van der Waals surface area contributed by atoms with Crippen LogP contribution in [-0.2, 0) is 20.0 Å². The van der Waals surface area contributed by atoms with E-state index in [1.807, 2.05) is 9.44 Å². The van der Waals surface area contributed by atoms with Crippen molar-refractivity contribution in [3.05, 3.63) is 23.8 Å². The van der Waals surface area contributed by atoms with Gasteiger partial charge in [0.2, 0.25) is 20.0 Å². The van der Waals surface area contributed by atoms with Gasteiger partial charge < -0.3 is 5.73 Å². The van der Waals surface area contributed by atoms with Crippen LogP contribution < -0.4 is 15.2 Å². The van der Waals surface area contributed by atoms with Crippen molar-refractivity contribution in [3.63, 3.8) is 0 Å². The van der Waals surface area contributed by atoms with Gasteiger partial charge in [-0.3, -0.25) is 0 Å². The number of benzene rings is 1. The van der Waals surface area contributed by atoms with Crippen molar-refractivity contribution in [2.75, 3.05) is 25.1 Å². The zero-order valence-corrected chi connectivity index (χ0v) is 12.0. The summed E-state index contributed by atoms with van der Waals surface area (Å²) in [5.74, 6) is -3.54. The molecule has 0 aliphatic heterocycles. The number of rotatable bonds is 6. The number of hydrogen-bond donors (Lipinski definition) is 3. The summed E-state index contributed by atoms with van der Waals surface area (Å²) in [4.78, 5) is -0.975. The summed E-state index contributed by atoms with van der Waals surface area (Å²) >= 11 is 0. The summed E-state index contributed by atoms with van der Waals surface area (Å²) in [6.45, 7) is -0.499. The number of anilines is 1. The molecule has 0 heterocycles. The summed E-state index contributed by atoms with van der Waals surface area (Å²) in [5.41, 5.74) is 4.97. The molecule has 0 unspecified atom stereocenters. The van der Waals surface area contributed by atoms with Gasteiger partial charge in [-0.25, -0.2) is 35.1 Å². The fourth-order valence-corrected chi connectivity index (χ4v) is 3.12. The van der Waals surface area contributed by atoms with E-state index >= 15 is 0 Å². The van der Waals surface area contributed by atoms with Gasteiger partial charge in [-0.05, 0) is 19.2 Å². The highest BCUT2D eigenvalue weighted by Crippen LogP contribution is 2.20. The molecule has 0 aliphatic carbocycles. The molecule has 0 amide bonds. The van der Waals surface area contributed by atoms with Gasteiger partial charge in [0.05, 0.1) is 5.75 Å². The third-order valence-corrected chi connectivity index (χ3v) is 5.10. The Morgan fingerprint density at radius 1 is 1.20 bits per heavy atom. The molecule has 20 heavy (non-hydrogen) atoms. The lowest BCUT2D eigenvalue weighted by molar-refractivity contribution is 0.484. The predicted molar refractivity (Wildman–Crippen MR) is 68.8 cm³/mol. The topological polar surface area (TPSA) is 118 Å². The lowest BCUT2D eigenvalue weighted by atomic mass is 10.3. The van der Waals surface area contributed by atoms with E-state index in [-0.39, 0.29) is 5.69 Å². The summed E-state index contributed by atoms with van der Waals surface area (Å²) in [5, 5.41) is 0. The summed E-state index contributed by atoms with van der Waals surface area (Å²) < 4.78 is 76.0. The van der Waals surface area contributed by atoms with Gasteiger partial charge in [0.15, 0.2) is 11.6 Å². The number of nitrogens with one attached hydrogen (secondary N) is 2. The molecule has 0 bridgehead atoms. The molecule has 0 saturated carbocycles. The minimum atomic E-state index is -4.40. The maximum atomic E-state index is 13.4. The van der Waals surface area contributed by atoms with Crippen molar-refractivity contribution in [1.29, 1.82) is 0 Å². The molecule has 11 heteroatoms. The maximum absolute atomic E-state index is 13.4. The first-order valence-electron chi connectivity index (χ1n) is 5.24. The number of halogens is 2. The lowest BCUT2D eigenvalue weighted by Crippen LogP contribution is -2.33. The van der Waals surface area contributed by atoms with E-state index in [2.05, 4.69) is 0 Å². The van der Waals surface area contributed by atoms with Crippen LogP contribution >= 0.6 is 0 Å². The first-order valence-corrected chi connectivity index (χ1v) is 8.38. The molecular weight excluding hydrogens is 316 g/mol. The van der Waals surface area contributed by atoms with Crippen LogP contribution in [0.4, 0.5) is 14.5 Å². The van der Waals surface area contributed by atoms with Crippen LogP contribution in [-0.4, -0.2) is 36.2 Å². The number of nitrogens with two attached hydrogens (primary N) is 1. The minimum absolute atomic E-state index is 0.271. The molecule has 1 aromatic carbocycles. The first kappa shape index (κ1) is 16.8. The van der Waals surface area contributed by atoms with Gasteiger partial charge in [0, 0.05) is 12.2 Å². The third kappa shape index (κ3) is 4.10. The Kier molecular flexibility index (Phi) is 5.02. The Balaban J connectivity index is 2.96. The first-order chi connectivity index (χ1) is 9.09. The Hall–Kier alpha value is -1.30. The molecular formula is C9H13F2N3O4S2. The molecule has 4 N–H and O–H groups in total. The lowest BCUT2D eigenvalue weighted by Gasteiger charge is -2.09. The fourth-order valence-electron chi connectivity index (χ4n) is 1.27. The van der Waals surface area contributed by atoms with E-state index in [1.54, 1.807) is 0 Å². The fraction of sp³-hybridized carbons (Fsp3) is 0.333. The number of nitrogen functional groups attached to an aromatic ring is 1. The van der Waals surface area contributed by atoms with E-state index in [9.17, 15) is 25.6 Å². The second-order valence-electron chi connectivity index (χ2n) is 3.74. The normalized spacial score (nSPS) is 12.6. The molecule has 7 nitrogen and oxygen atoms in total. The SMILES string of the molecule is CNS(=O)(=O)CCNS(=O)(=O)c1cc(N)cc(F)c1F. The van der Waals surface area contributed by atoms with Gasteiger partial charge >= 0.3 is 0 Å². The third-order valence-electron chi connectivity index (χ3n) is 2.28. The smallest absolute Gasteiger partial charge is 0.243 e. The largest absolute Gasteiger partial charge is 0.399 e. The minimum Gasteiger partial charge on any atom is -0.399 e. The van der Waals surface area contributed by atoms with Crippen molar-refractivity contribution in [3.8, 4) is 0 Å². The Bertz CT molecular complexity index is 704. The van der Waals surface area contributed by atoms with E-state index in [1.165, 1.54) is 0 Å². The summed E-state index contributed by atoms with van der Waals surface area (Å²) in [7, 11) is -6.86. The van der Waals surface area contributed by atoms with Gasteiger partial charge in [-0.15, -0.1) is 0 Å². The monoisotopic (exact) mass is 329 g/mol. The second-order valence-corrected chi connectivity index (χ2v) is 7.52. The highest BCUT2D eigenvalue weighted by molar-refractivity contribution is 7.90. The van der Waals surface area contributed by atoms with Crippen LogP contribution in [0.3, 0.4) is 0 Å². The molecule has 0 aromatic heterocycles. The van der Waals surface area contributed by atoms with Crippen molar-refractivity contribution in [1.82, 2.24) is 9.44 Å². The quantitative estimate of drug-likeness (QED) is 0.601. The zero-order valence-electron chi connectivity index (χ0n) is 10.4. The Morgan fingerprint density at radius 2 is 1.80 bits per heavy atom. The number of sulfonamides is 2.